The quantitative estimate of drug-likeness (QED) is 0.922. The van der Waals surface area contributed by atoms with Crippen LogP contribution in [0.25, 0.3) is 11.0 Å². The van der Waals surface area contributed by atoms with Crippen molar-refractivity contribution in [3.8, 4) is 5.75 Å². The van der Waals surface area contributed by atoms with Crippen LogP contribution >= 0.6 is 0 Å². The molecule has 1 fully saturated rings. The van der Waals surface area contributed by atoms with Crippen LogP contribution in [0.4, 0.5) is 0 Å². The normalized spacial score (nSPS) is 18.6. The number of hydrogen-bond acceptors (Lipinski definition) is 4. The minimum Gasteiger partial charge on any atom is -0.497 e. The summed E-state index contributed by atoms with van der Waals surface area (Å²) in [5.41, 5.74) is 6.78. The first-order valence-corrected chi connectivity index (χ1v) is 6.63. The highest BCUT2D eigenvalue weighted by Crippen LogP contribution is 2.37. The van der Waals surface area contributed by atoms with Gasteiger partial charge in [0.15, 0.2) is 0 Å². The summed E-state index contributed by atoms with van der Waals surface area (Å²) in [5, 5.41) is 1.09. The fourth-order valence-electron chi connectivity index (χ4n) is 2.71. The Morgan fingerprint density at radius 3 is 2.74 bits per heavy atom. The maximum absolute atomic E-state index is 6.03. The first kappa shape index (κ1) is 12.5. The lowest BCUT2D eigenvalue weighted by Gasteiger charge is -2.34. The van der Waals surface area contributed by atoms with Gasteiger partial charge in [-0.05, 0) is 31.0 Å². The Balaban J connectivity index is 2.03. The largest absolute Gasteiger partial charge is 0.497 e. The van der Waals surface area contributed by atoms with E-state index in [-0.39, 0.29) is 5.41 Å². The Kier molecular flexibility index (Phi) is 3.21. The van der Waals surface area contributed by atoms with Gasteiger partial charge in [0.1, 0.15) is 17.1 Å². The molecule has 0 amide bonds. The summed E-state index contributed by atoms with van der Waals surface area (Å²) in [7, 11) is 1.66. The molecule has 0 unspecified atom stereocenters. The Morgan fingerprint density at radius 1 is 1.26 bits per heavy atom. The Hall–Kier alpha value is -1.52. The summed E-state index contributed by atoms with van der Waals surface area (Å²) in [6, 6.07) is 7.99. The van der Waals surface area contributed by atoms with Crippen LogP contribution in [0.1, 0.15) is 18.6 Å². The smallest absolute Gasteiger partial charge is 0.137 e. The maximum atomic E-state index is 6.03. The molecule has 1 aliphatic heterocycles. The molecule has 4 nitrogen and oxygen atoms in total. The highest BCUT2D eigenvalue weighted by Gasteiger charge is 2.36. The van der Waals surface area contributed by atoms with E-state index in [9.17, 15) is 0 Å². The van der Waals surface area contributed by atoms with Crippen molar-refractivity contribution in [2.45, 2.75) is 18.3 Å². The number of fused-ring (bicyclic) bond motifs is 1. The van der Waals surface area contributed by atoms with Crippen molar-refractivity contribution in [2.24, 2.45) is 5.73 Å². The van der Waals surface area contributed by atoms with Gasteiger partial charge in [-0.25, -0.2) is 0 Å². The average molecular weight is 261 g/mol. The number of methoxy groups -OCH3 is 1. The number of rotatable bonds is 3. The van der Waals surface area contributed by atoms with Crippen LogP contribution in [0.2, 0.25) is 0 Å². The van der Waals surface area contributed by atoms with Crippen molar-refractivity contribution in [1.82, 2.24) is 0 Å². The lowest BCUT2D eigenvalue weighted by Crippen LogP contribution is -2.40. The molecule has 0 aliphatic carbocycles. The molecule has 1 aromatic heterocycles. The fraction of sp³-hybridized carbons (Fsp3) is 0.467. The zero-order valence-corrected chi connectivity index (χ0v) is 11.1. The second-order valence-electron chi connectivity index (χ2n) is 5.11. The highest BCUT2D eigenvalue weighted by molar-refractivity contribution is 5.79. The molecule has 102 valence electrons. The molecule has 0 spiro atoms. The molecule has 1 aromatic carbocycles. The van der Waals surface area contributed by atoms with E-state index in [0.717, 1.165) is 48.5 Å². The molecule has 0 saturated carbocycles. The molecular weight excluding hydrogens is 242 g/mol. The molecule has 1 aliphatic rings. The summed E-state index contributed by atoms with van der Waals surface area (Å²) in [5.74, 6) is 1.78. The first-order chi connectivity index (χ1) is 9.27. The monoisotopic (exact) mass is 261 g/mol. The van der Waals surface area contributed by atoms with E-state index in [0.29, 0.717) is 6.54 Å². The maximum Gasteiger partial charge on any atom is 0.137 e. The van der Waals surface area contributed by atoms with Gasteiger partial charge in [-0.2, -0.15) is 0 Å². The zero-order valence-electron chi connectivity index (χ0n) is 11.1. The summed E-state index contributed by atoms with van der Waals surface area (Å²) in [6.45, 7) is 2.09. The van der Waals surface area contributed by atoms with Gasteiger partial charge >= 0.3 is 0 Å². The third kappa shape index (κ3) is 2.11. The van der Waals surface area contributed by atoms with E-state index < -0.39 is 0 Å². The number of benzene rings is 1. The van der Waals surface area contributed by atoms with Gasteiger partial charge in [0.25, 0.3) is 0 Å². The number of hydrogen-bond donors (Lipinski definition) is 1. The highest BCUT2D eigenvalue weighted by atomic mass is 16.5. The third-order valence-corrected chi connectivity index (χ3v) is 4.09. The SMILES string of the molecule is COc1ccc2cc(C3(CN)CCOCC3)oc2c1. The molecule has 2 aromatic rings. The van der Waals surface area contributed by atoms with E-state index in [4.69, 9.17) is 19.6 Å². The fourth-order valence-corrected chi connectivity index (χ4v) is 2.71. The molecule has 0 atom stereocenters. The first-order valence-electron chi connectivity index (χ1n) is 6.63. The topological polar surface area (TPSA) is 57.6 Å². The van der Waals surface area contributed by atoms with E-state index in [2.05, 4.69) is 6.07 Å². The lowest BCUT2D eigenvalue weighted by molar-refractivity contribution is 0.0458. The number of nitrogens with two attached hydrogens (primary N) is 1. The third-order valence-electron chi connectivity index (χ3n) is 4.09. The van der Waals surface area contributed by atoms with Crippen LogP contribution in [-0.4, -0.2) is 26.9 Å². The van der Waals surface area contributed by atoms with Gasteiger partial charge in [-0.1, -0.05) is 0 Å². The lowest BCUT2D eigenvalue weighted by atomic mass is 9.78. The van der Waals surface area contributed by atoms with Gasteiger partial charge in [-0.3, -0.25) is 0 Å². The summed E-state index contributed by atoms with van der Waals surface area (Å²) in [6.07, 6.45) is 1.83. The standard InChI is InChI=1S/C15H19NO3/c1-17-12-3-2-11-8-14(19-13(11)9-12)15(10-16)4-6-18-7-5-15/h2-3,8-9H,4-7,10,16H2,1H3. The minimum atomic E-state index is -0.0789. The van der Waals surface area contributed by atoms with Crippen molar-refractivity contribution in [2.75, 3.05) is 26.9 Å². The van der Waals surface area contributed by atoms with Crippen LogP contribution in [0.3, 0.4) is 0 Å². The van der Waals surface area contributed by atoms with E-state index >= 15 is 0 Å². The van der Waals surface area contributed by atoms with Crippen LogP contribution in [0, 0.1) is 0 Å². The van der Waals surface area contributed by atoms with Crippen molar-refractivity contribution >= 4 is 11.0 Å². The average Bonchev–Trinajstić information content (AvgIpc) is 2.91. The summed E-state index contributed by atoms with van der Waals surface area (Å²) in [4.78, 5) is 0. The van der Waals surface area contributed by atoms with Gasteiger partial charge in [0.2, 0.25) is 0 Å². The van der Waals surface area contributed by atoms with Crippen molar-refractivity contribution in [1.29, 1.82) is 0 Å². The predicted octanol–water partition coefficient (Wildman–Crippen LogP) is 2.45. The van der Waals surface area contributed by atoms with Crippen molar-refractivity contribution in [3.63, 3.8) is 0 Å². The molecule has 3 rings (SSSR count). The molecule has 1 saturated heterocycles. The second-order valence-corrected chi connectivity index (χ2v) is 5.11. The van der Waals surface area contributed by atoms with E-state index in [1.54, 1.807) is 7.11 Å². The van der Waals surface area contributed by atoms with Crippen molar-refractivity contribution < 1.29 is 13.9 Å². The molecule has 19 heavy (non-hydrogen) atoms. The second kappa shape index (κ2) is 4.87. The van der Waals surface area contributed by atoms with Crippen LogP contribution < -0.4 is 10.5 Å². The van der Waals surface area contributed by atoms with E-state index in [1.807, 2.05) is 18.2 Å². The summed E-state index contributed by atoms with van der Waals surface area (Å²) >= 11 is 0. The Labute approximate surface area is 112 Å². The van der Waals surface area contributed by atoms with Gasteiger partial charge in [0.05, 0.1) is 7.11 Å². The number of furan rings is 1. The van der Waals surface area contributed by atoms with Gasteiger partial charge in [-0.15, -0.1) is 0 Å². The zero-order chi connectivity index (χ0) is 13.3. The molecular formula is C15H19NO3. The molecule has 0 radical (unpaired) electrons. The van der Waals surface area contributed by atoms with Crippen LogP contribution in [-0.2, 0) is 10.2 Å². The molecule has 4 heteroatoms. The molecule has 2 N–H and O–H groups in total. The van der Waals surface area contributed by atoms with Crippen molar-refractivity contribution in [3.05, 3.63) is 30.0 Å². The molecule has 2 heterocycles. The van der Waals surface area contributed by atoms with Gasteiger partial charge in [0, 0.05) is 36.6 Å². The summed E-state index contributed by atoms with van der Waals surface area (Å²) < 4.78 is 16.7. The van der Waals surface area contributed by atoms with Crippen LogP contribution in [0.5, 0.6) is 5.75 Å². The number of ether oxygens (including phenoxy) is 2. The Morgan fingerprint density at radius 2 is 2.05 bits per heavy atom. The minimum absolute atomic E-state index is 0.0789. The molecule has 0 bridgehead atoms. The Bertz CT molecular complexity index is 570. The van der Waals surface area contributed by atoms with E-state index in [1.165, 1.54) is 0 Å². The van der Waals surface area contributed by atoms with Gasteiger partial charge < -0.3 is 19.6 Å². The van der Waals surface area contributed by atoms with Crippen LogP contribution in [0.15, 0.2) is 28.7 Å². The predicted molar refractivity (Wildman–Crippen MR) is 73.6 cm³/mol.